The Morgan fingerprint density at radius 1 is 1.05 bits per heavy atom. The molecule has 0 atom stereocenters. The van der Waals surface area contributed by atoms with Crippen molar-refractivity contribution < 1.29 is 17.6 Å². The van der Waals surface area contributed by atoms with Crippen molar-refractivity contribution in [3.05, 3.63) is 47.2 Å². The van der Waals surface area contributed by atoms with Gasteiger partial charge in [0.1, 0.15) is 17.5 Å². The van der Waals surface area contributed by atoms with E-state index >= 15 is 0 Å². The van der Waals surface area contributed by atoms with Crippen molar-refractivity contribution in [1.29, 1.82) is 0 Å². The van der Waals surface area contributed by atoms with Crippen molar-refractivity contribution in [1.82, 2.24) is 9.97 Å². The summed E-state index contributed by atoms with van der Waals surface area (Å²) in [5.41, 5.74) is 4.82. The molecule has 100 valence electrons. The van der Waals surface area contributed by atoms with Crippen molar-refractivity contribution in [3.63, 3.8) is 0 Å². The first-order valence-corrected chi connectivity index (χ1v) is 5.12. The van der Waals surface area contributed by atoms with Crippen molar-refractivity contribution in [3.8, 4) is 0 Å². The summed E-state index contributed by atoms with van der Waals surface area (Å²) in [7, 11) is 0. The summed E-state index contributed by atoms with van der Waals surface area (Å²) in [6, 6.07) is 1.07. The van der Waals surface area contributed by atoms with E-state index in [-0.39, 0.29) is 11.8 Å². The average Bonchev–Trinajstić information content (AvgIpc) is 2.32. The molecule has 0 aliphatic rings. The van der Waals surface area contributed by atoms with Crippen LogP contribution >= 0.6 is 0 Å². The van der Waals surface area contributed by atoms with Crippen LogP contribution in [0.4, 0.5) is 29.3 Å². The Kier molecular flexibility index (Phi) is 3.50. The van der Waals surface area contributed by atoms with Crippen LogP contribution in [0.15, 0.2) is 18.3 Å². The summed E-state index contributed by atoms with van der Waals surface area (Å²) in [6.45, 7) is -0.411. The molecule has 2 aromatic rings. The smallest absolute Gasteiger partial charge is 0.222 e. The predicted octanol–water partition coefficient (Wildman–Crippen LogP) is 2.23. The highest BCUT2D eigenvalue weighted by atomic mass is 19.1. The number of nitrogens with zero attached hydrogens (tertiary/aromatic N) is 2. The van der Waals surface area contributed by atoms with Gasteiger partial charge in [-0.3, -0.25) is 0 Å². The van der Waals surface area contributed by atoms with Crippen molar-refractivity contribution in [2.45, 2.75) is 6.54 Å². The molecule has 0 radical (unpaired) electrons. The molecule has 1 aromatic heterocycles. The fourth-order valence-corrected chi connectivity index (χ4v) is 1.42. The SMILES string of the molecule is Nc1ncc(F)c(NCc2c(F)cc(F)cc2F)n1. The number of halogens is 4. The van der Waals surface area contributed by atoms with Gasteiger partial charge >= 0.3 is 0 Å². The van der Waals surface area contributed by atoms with Crippen LogP contribution in [0.5, 0.6) is 0 Å². The molecule has 0 fully saturated rings. The Labute approximate surface area is 105 Å². The van der Waals surface area contributed by atoms with E-state index in [4.69, 9.17) is 5.73 Å². The number of rotatable bonds is 3. The van der Waals surface area contributed by atoms with Crippen LogP contribution in [0.3, 0.4) is 0 Å². The van der Waals surface area contributed by atoms with E-state index < -0.39 is 35.4 Å². The normalized spacial score (nSPS) is 10.5. The Morgan fingerprint density at radius 2 is 1.68 bits per heavy atom. The van der Waals surface area contributed by atoms with Crippen LogP contribution in [-0.2, 0) is 6.54 Å². The fraction of sp³-hybridized carbons (Fsp3) is 0.0909. The van der Waals surface area contributed by atoms with Gasteiger partial charge in [-0.25, -0.2) is 22.5 Å². The first-order chi connectivity index (χ1) is 8.97. The number of aromatic nitrogens is 2. The van der Waals surface area contributed by atoms with E-state index in [1.807, 2.05) is 0 Å². The third-order valence-corrected chi connectivity index (χ3v) is 2.30. The number of hydrogen-bond acceptors (Lipinski definition) is 4. The van der Waals surface area contributed by atoms with Gasteiger partial charge in [0.15, 0.2) is 11.6 Å². The summed E-state index contributed by atoms with van der Waals surface area (Å²) < 4.78 is 52.6. The van der Waals surface area contributed by atoms with Gasteiger partial charge in [0, 0.05) is 24.2 Å². The number of nitrogens with one attached hydrogen (secondary N) is 1. The topological polar surface area (TPSA) is 63.8 Å². The third-order valence-electron chi connectivity index (χ3n) is 2.30. The second-order valence-electron chi connectivity index (χ2n) is 3.63. The maximum absolute atomic E-state index is 13.3. The van der Waals surface area contributed by atoms with Crippen LogP contribution in [0.1, 0.15) is 5.56 Å². The maximum Gasteiger partial charge on any atom is 0.222 e. The van der Waals surface area contributed by atoms with Gasteiger partial charge in [-0.2, -0.15) is 4.98 Å². The lowest BCUT2D eigenvalue weighted by molar-refractivity contribution is 0.526. The maximum atomic E-state index is 13.3. The second-order valence-corrected chi connectivity index (χ2v) is 3.63. The zero-order valence-electron chi connectivity index (χ0n) is 9.42. The molecule has 0 aliphatic carbocycles. The molecule has 8 heteroatoms. The molecule has 4 nitrogen and oxygen atoms in total. The molecule has 0 saturated heterocycles. The molecule has 1 heterocycles. The highest BCUT2D eigenvalue weighted by Crippen LogP contribution is 2.17. The number of anilines is 2. The third kappa shape index (κ3) is 2.90. The highest BCUT2D eigenvalue weighted by Gasteiger charge is 2.13. The van der Waals surface area contributed by atoms with E-state index in [2.05, 4.69) is 15.3 Å². The van der Waals surface area contributed by atoms with E-state index in [1.54, 1.807) is 0 Å². The van der Waals surface area contributed by atoms with Gasteiger partial charge in [-0.15, -0.1) is 0 Å². The van der Waals surface area contributed by atoms with Crippen molar-refractivity contribution in [2.24, 2.45) is 0 Å². The first-order valence-electron chi connectivity index (χ1n) is 5.12. The van der Waals surface area contributed by atoms with Crippen LogP contribution < -0.4 is 11.1 Å². The van der Waals surface area contributed by atoms with Crippen molar-refractivity contribution >= 4 is 11.8 Å². The van der Waals surface area contributed by atoms with Gasteiger partial charge in [0.25, 0.3) is 0 Å². The summed E-state index contributed by atoms with van der Waals surface area (Å²) in [6.07, 6.45) is 0.821. The first kappa shape index (κ1) is 13.1. The molecule has 0 unspecified atom stereocenters. The molecule has 0 amide bonds. The Hall–Kier alpha value is -2.38. The Bertz CT molecular complexity index is 595. The van der Waals surface area contributed by atoms with Gasteiger partial charge in [0.05, 0.1) is 6.20 Å². The van der Waals surface area contributed by atoms with Gasteiger partial charge < -0.3 is 11.1 Å². The summed E-state index contributed by atoms with van der Waals surface area (Å²) in [5, 5.41) is 2.36. The van der Waals surface area contributed by atoms with Crippen LogP contribution in [-0.4, -0.2) is 9.97 Å². The largest absolute Gasteiger partial charge is 0.368 e. The minimum atomic E-state index is -1.08. The van der Waals surface area contributed by atoms with Gasteiger partial charge in [-0.05, 0) is 0 Å². The van der Waals surface area contributed by atoms with Gasteiger partial charge in [0.2, 0.25) is 5.95 Å². The summed E-state index contributed by atoms with van der Waals surface area (Å²) in [4.78, 5) is 6.92. The molecule has 3 N–H and O–H groups in total. The molecule has 0 saturated carbocycles. The summed E-state index contributed by atoms with van der Waals surface area (Å²) >= 11 is 0. The summed E-state index contributed by atoms with van der Waals surface area (Å²) in [5.74, 6) is -4.49. The van der Waals surface area contributed by atoms with Crippen molar-refractivity contribution in [2.75, 3.05) is 11.1 Å². The number of nitrogens with two attached hydrogens (primary N) is 1. The molecule has 0 spiro atoms. The lowest BCUT2D eigenvalue weighted by atomic mass is 10.2. The second kappa shape index (κ2) is 5.09. The minimum absolute atomic E-state index is 0.191. The molecule has 19 heavy (non-hydrogen) atoms. The van der Waals surface area contributed by atoms with E-state index in [0.717, 1.165) is 6.20 Å². The molecule has 2 rings (SSSR count). The average molecular weight is 272 g/mol. The fourth-order valence-electron chi connectivity index (χ4n) is 1.42. The van der Waals surface area contributed by atoms with Crippen LogP contribution in [0.25, 0.3) is 0 Å². The number of hydrogen-bond donors (Lipinski definition) is 2. The van der Waals surface area contributed by atoms with E-state index in [1.165, 1.54) is 0 Å². The highest BCUT2D eigenvalue weighted by molar-refractivity contribution is 5.40. The Morgan fingerprint density at radius 3 is 2.32 bits per heavy atom. The predicted molar refractivity (Wildman–Crippen MR) is 60.0 cm³/mol. The zero-order valence-corrected chi connectivity index (χ0v) is 9.42. The Balaban J connectivity index is 2.21. The lowest BCUT2D eigenvalue weighted by Gasteiger charge is -2.08. The zero-order chi connectivity index (χ0) is 14.0. The number of benzene rings is 1. The lowest BCUT2D eigenvalue weighted by Crippen LogP contribution is -2.09. The van der Waals surface area contributed by atoms with E-state index in [0.29, 0.717) is 12.1 Å². The number of nitrogen functional groups attached to an aromatic ring is 1. The molecule has 1 aromatic carbocycles. The molecule has 0 bridgehead atoms. The molecular formula is C11H8F4N4. The molecule has 0 aliphatic heterocycles. The van der Waals surface area contributed by atoms with Gasteiger partial charge in [-0.1, -0.05) is 0 Å². The van der Waals surface area contributed by atoms with Crippen LogP contribution in [0, 0.1) is 23.3 Å². The van der Waals surface area contributed by atoms with Crippen LogP contribution in [0.2, 0.25) is 0 Å². The minimum Gasteiger partial charge on any atom is -0.368 e. The quantitative estimate of drug-likeness (QED) is 0.841. The molecular weight excluding hydrogens is 264 g/mol. The van der Waals surface area contributed by atoms with E-state index in [9.17, 15) is 17.6 Å². The standard InChI is InChI=1S/C11H8F4N4/c12-5-1-7(13)6(8(14)2-5)3-17-10-9(15)4-18-11(16)19-10/h1-2,4H,3H2,(H3,16,17,18,19). The monoisotopic (exact) mass is 272 g/mol.